The van der Waals surface area contributed by atoms with Crippen LogP contribution < -0.4 is 4.74 Å². The number of carbonyl (C=O) groups is 2. The summed E-state index contributed by atoms with van der Waals surface area (Å²) in [6.07, 6.45) is -0.446. The lowest BCUT2D eigenvalue weighted by Crippen LogP contribution is -2.41. The molecule has 37 heavy (non-hydrogen) atoms. The van der Waals surface area contributed by atoms with Gasteiger partial charge in [-0.15, -0.1) is 0 Å². The van der Waals surface area contributed by atoms with Gasteiger partial charge in [-0.25, -0.2) is 19.1 Å². The van der Waals surface area contributed by atoms with E-state index in [1.165, 1.54) is 4.57 Å². The van der Waals surface area contributed by atoms with Crippen LogP contribution in [0.15, 0.2) is 54.6 Å². The lowest BCUT2D eigenvalue weighted by molar-refractivity contribution is 0.0211. The average molecular weight is 506 g/mol. The maximum absolute atomic E-state index is 13.4. The number of nitrogens with zero attached hydrogens (tertiary/aromatic N) is 3. The molecular formula is C29H35N3O5. The summed E-state index contributed by atoms with van der Waals surface area (Å²) in [6, 6.07) is 17.4. The Morgan fingerprint density at radius 1 is 0.865 bits per heavy atom. The molecule has 4 rings (SSSR count). The second-order valence-corrected chi connectivity index (χ2v) is 11.1. The van der Waals surface area contributed by atoms with Crippen LogP contribution in [0.5, 0.6) is 5.75 Å². The van der Waals surface area contributed by atoms with Gasteiger partial charge in [0.2, 0.25) is 0 Å². The summed E-state index contributed by atoms with van der Waals surface area (Å²) in [5.74, 6) is 1.18. The summed E-state index contributed by atoms with van der Waals surface area (Å²) >= 11 is 0. The molecule has 1 aliphatic rings. The summed E-state index contributed by atoms with van der Waals surface area (Å²) in [5, 5.41) is 0. The van der Waals surface area contributed by atoms with Crippen LogP contribution in [0, 0.1) is 0 Å². The maximum Gasteiger partial charge on any atom is 0.420 e. The van der Waals surface area contributed by atoms with Crippen molar-refractivity contribution in [3.8, 4) is 17.1 Å². The molecule has 0 aliphatic carbocycles. The monoisotopic (exact) mass is 505 g/mol. The largest absolute Gasteiger partial charge is 0.489 e. The Balaban J connectivity index is 1.62. The van der Waals surface area contributed by atoms with Crippen molar-refractivity contribution in [1.29, 1.82) is 0 Å². The Kier molecular flexibility index (Phi) is 7.30. The van der Waals surface area contributed by atoms with Crippen molar-refractivity contribution in [3.63, 3.8) is 0 Å². The highest BCUT2D eigenvalue weighted by Crippen LogP contribution is 2.30. The predicted molar refractivity (Wildman–Crippen MR) is 140 cm³/mol. The molecule has 0 N–H and O–H groups in total. The van der Waals surface area contributed by atoms with Gasteiger partial charge in [-0.05, 0) is 71.4 Å². The van der Waals surface area contributed by atoms with E-state index >= 15 is 0 Å². The zero-order chi connectivity index (χ0) is 26.8. The molecule has 1 aromatic heterocycles. The van der Waals surface area contributed by atoms with Gasteiger partial charge in [0.05, 0.1) is 17.9 Å². The lowest BCUT2D eigenvalue weighted by Gasteiger charge is -2.30. The van der Waals surface area contributed by atoms with Crippen LogP contribution in [0.3, 0.4) is 0 Å². The minimum absolute atomic E-state index is 0.203. The van der Waals surface area contributed by atoms with Gasteiger partial charge in [-0.3, -0.25) is 0 Å². The van der Waals surface area contributed by atoms with Crippen molar-refractivity contribution in [2.75, 3.05) is 6.54 Å². The molecule has 3 aromatic rings. The minimum Gasteiger partial charge on any atom is -0.489 e. The molecule has 1 aliphatic heterocycles. The predicted octanol–water partition coefficient (Wildman–Crippen LogP) is 6.21. The molecule has 0 bridgehead atoms. The van der Waals surface area contributed by atoms with E-state index in [2.05, 4.69) is 0 Å². The van der Waals surface area contributed by atoms with Crippen molar-refractivity contribution in [1.82, 2.24) is 14.5 Å². The molecule has 2 heterocycles. The van der Waals surface area contributed by atoms with Gasteiger partial charge in [0.1, 0.15) is 29.4 Å². The molecule has 0 saturated heterocycles. The van der Waals surface area contributed by atoms with Gasteiger partial charge in [0.25, 0.3) is 0 Å². The Bertz CT molecular complexity index is 1250. The van der Waals surface area contributed by atoms with Gasteiger partial charge >= 0.3 is 12.2 Å². The first-order valence-corrected chi connectivity index (χ1v) is 12.5. The van der Waals surface area contributed by atoms with Crippen LogP contribution in [0.1, 0.15) is 58.5 Å². The van der Waals surface area contributed by atoms with Gasteiger partial charge in [0.15, 0.2) is 0 Å². The molecule has 0 saturated carbocycles. The first-order valence-electron chi connectivity index (χ1n) is 12.5. The standard InChI is InChI=1S/C29H35N3O5/c1-28(2,3)36-26(33)31-17-16-23-24(18-31)32(27(34)37-29(4,5)6)25(30-23)21-12-14-22(15-13-21)35-19-20-10-8-7-9-11-20/h7-15H,16-19H2,1-6H3. The number of amides is 1. The molecule has 0 atom stereocenters. The second-order valence-electron chi connectivity index (χ2n) is 11.1. The SMILES string of the molecule is CC(C)(C)OC(=O)N1CCc2nc(-c3ccc(OCc4ccccc4)cc3)n(C(=O)OC(C)(C)C)c2C1. The molecule has 0 radical (unpaired) electrons. The number of benzene rings is 2. The second kappa shape index (κ2) is 10.3. The molecule has 2 aromatic carbocycles. The van der Waals surface area contributed by atoms with Gasteiger partial charge in [0, 0.05) is 18.5 Å². The van der Waals surface area contributed by atoms with Crippen LogP contribution in [-0.2, 0) is 29.0 Å². The molecule has 0 fully saturated rings. The van der Waals surface area contributed by atoms with Crippen LogP contribution in [-0.4, -0.2) is 44.4 Å². The highest BCUT2D eigenvalue weighted by Gasteiger charge is 2.33. The third kappa shape index (κ3) is 6.70. The van der Waals surface area contributed by atoms with E-state index in [1.54, 1.807) is 4.90 Å². The normalized spacial score (nSPS) is 13.6. The van der Waals surface area contributed by atoms with Crippen LogP contribution >= 0.6 is 0 Å². The third-order valence-corrected chi connectivity index (χ3v) is 5.60. The first kappa shape index (κ1) is 26.3. The quantitative estimate of drug-likeness (QED) is 0.420. The molecular weight excluding hydrogens is 470 g/mol. The zero-order valence-corrected chi connectivity index (χ0v) is 22.4. The number of hydrogen-bond donors (Lipinski definition) is 0. The summed E-state index contributed by atoms with van der Waals surface area (Å²) in [7, 11) is 0. The highest BCUT2D eigenvalue weighted by atomic mass is 16.6. The van der Waals surface area contributed by atoms with E-state index in [9.17, 15) is 9.59 Å². The van der Waals surface area contributed by atoms with Crippen molar-refractivity contribution < 1.29 is 23.8 Å². The summed E-state index contributed by atoms with van der Waals surface area (Å²) in [5.41, 5.74) is 1.92. The fourth-order valence-corrected chi connectivity index (χ4v) is 3.98. The third-order valence-electron chi connectivity index (χ3n) is 5.60. The molecule has 8 nitrogen and oxygen atoms in total. The molecule has 8 heteroatoms. The topological polar surface area (TPSA) is 82.9 Å². The van der Waals surface area contributed by atoms with Crippen LogP contribution in [0.25, 0.3) is 11.4 Å². The number of carbonyl (C=O) groups excluding carboxylic acids is 2. The van der Waals surface area contributed by atoms with Crippen molar-refractivity contribution >= 4 is 12.2 Å². The summed E-state index contributed by atoms with van der Waals surface area (Å²) < 4.78 is 18.7. The average Bonchev–Trinajstić information content (AvgIpc) is 3.20. The van der Waals surface area contributed by atoms with Gasteiger partial charge < -0.3 is 19.1 Å². The Morgan fingerprint density at radius 2 is 1.49 bits per heavy atom. The number of fused-ring (bicyclic) bond motifs is 1. The van der Waals surface area contributed by atoms with E-state index in [0.717, 1.165) is 16.8 Å². The first-order chi connectivity index (χ1) is 17.4. The molecule has 0 unspecified atom stereocenters. The Hall–Kier alpha value is -3.81. The van der Waals surface area contributed by atoms with E-state index in [-0.39, 0.29) is 6.54 Å². The van der Waals surface area contributed by atoms with Crippen molar-refractivity contribution in [3.05, 3.63) is 71.5 Å². The van der Waals surface area contributed by atoms with E-state index in [1.807, 2.05) is 96.1 Å². The number of imidazole rings is 1. The number of rotatable bonds is 4. The van der Waals surface area contributed by atoms with E-state index in [4.69, 9.17) is 19.2 Å². The maximum atomic E-state index is 13.4. The van der Waals surface area contributed by atoms with Crippen molar-refractivity contribution in [2.45, 2.75) is 72.3 Å². The smallest absolute Gasteiger partial charge is 0.420 e. The molecule has 196 valence electrons. The number of ether oxygens (including phenoxy) is 3. The van der Waals surface area contributed by atoms with Gasteiger partial charge in [-0.2, -0.15) is 0 Å². The fourth-order valence-electron chi connectivity index (χ4n) is 3.98. The fraction of sp³-hybridized carbons (Fsp3) is 0.414. The summed E-state index contributed by atoms with van der Waals surface area (Å²) in [6.45, 7) is 12.1. The van der Waals surface area contributed by atoms with E-state index in [0.29, 0.717) is 36.8 Å². The van der Waals surface area contributed by atoms with Crippen LogP contribution in [0.4, 0.5) is 9.59 Å². The molecule has 0 spiro atoms. The van der Waals surface area contributed by atoms with E-state index < -0.39 is 23.4 Å². The summed E-state index contributed by atoms with van der Waals surface area (Å²) in [4.78, 5) is 32.5. The molecule has 1 amide bonds. The number of hydrogen-bond acceptors (Lipinski definition) is 6. The Morgan fingerprint density at radius 3 is 2.11 bits per heavy atom. The number of aromatic nitrogens is 2. The lowest BCUT2D eigenvalue weighted by atomic mass is 10.1. The minimum atomic E-state index is -0.694. The van der Waals surface area contributed by atoms with Crippen LogP contribution in [0.2, 0.25) is 0 Å². The Labute approximate surface area is 218 Å². The van der Waals surface area contributed by atoms with Gasteiger partial charge in [-0.1, -0.05) is 30.3 Å². The van der Waals surface area contributed by atoms with Crippen molar-refractivity contribution in [2.24, 2.45) is 0 Å². The highest BCUT2D eigenvalue weighted by molar-refractivity contribution is 5.79. The zero-order valence-electron chi connectivity index (χ0n) is 22.4.